The van der Waals surface area contributed by atoms with E-state index in [2.05, 4.69) is 52.6 Å². The van der Waals surface area contributed by atoms with Gasteiger partial charge in [0.05, 0.1) is 42.3 Å². The molecule has 0 aliphatic heterocycles. The van der Waals surface area contributed by atoms with E-state index in [0.29, 0.717) is 13.2 Å². The maximum atomic E-state index is 5.32. The van der Waals surface area contributed by atoms with Crippen LogP contribution in [0.3, 0.4) is 0 Å². The highest BCUT2D eigenvalue weighted by Crippen LogP contribution is 2.00. The highest BCUT2D eigenvalue weighted by atomic mass is 127. The fourth-order valence-corrected chi connectivity index (χ4v) is 1.44. The molecule has 140 valence electrons. The van der Waals surface area contributed by atoms with Gasteiger partial charge in [0.2, 0.25) is 0 Å². The van der Waals surface area contributed by atoms with E-state index in [9.17, 15) is 0 Å². The Hall–Kier alpha value is -0.200. The molecular formula is C16H30I2N4O2. The zero-order chi connectivity index (χ0) is 16.6. The van der Waals surface area contributed by atoms with Crippen molar-refractivity contribution in [2.24, 2.45) is 10.3 Å². The van der Waals surface area contributed by atoms with Gasteiger partial charge in [0.1, 0.15) is 24.5 Å². The number of quaternary nitrogens is 2. The number of likely N-dealkylation sites (N-methyl/N-ethyl adjacent to an activating group) is 2. The first-order valence-corrected chi connectivity index (χ1v) is 7.53. The molecule has 0 saturated heterocycles. The number of allylic oxidation sites excluding steroid dienone is 4. The molecule has 6 nitrogen and oxygen atoms in total. The smallest absolute Gasteiger partial charge is 0.165 e. The molecule has 0 saturated carbocycles. The minimum atomic E-state index is 0. The third-order valence-corrected chi connectivity index (χ3v) is 2.90. The van der Waals surface area contributed by atoms with Crippen molar-refractivity contribution < 1.29 is 66.6 Å². The summed E-state index contributed by atoms with van der Waals surface area (Å²) < 4.78 is 1.72. The third kappa shape index (κ3) is 14.2. The van der Waals surface area contributed by atoms with Gasteiger partial charge >= 0.3 is 0 Å². The quantitative estimate of drug-likeness (QED) is 0.0979. The number of nitrogens with zero attached hydrogens (tertiary/aromatic N) is 4. The monoisotopic (exact) mass is 564 g/mol. The fraction of sp³-hybridized carbons (Fsp3) is 0.625. The van der Waals surface area contributed by atoms with Crippen molar-refractivity contribution in [2.45, 2.75) is 0 Å². The van der Waals surface area contributed by atoms with Crippen LogP contribution in [0.1, 0.15) is 0 Å². The van der Waals surface area contributed by atoms with Crippen molar-refractivity contribution in [1.82, 2.24) is 0 Å². The van der Waals surface area contributed by atoms with Gasteiger partial charge in [-0.15, -0.1) is 0 Å². The molecule has 0 radical (unpaired) electrons. The molecule has 1 aliphatic carbocycles. The summed E-state index contributed by atoms with van der Waals surface area (Å²) in [4.78, 5) is 10.6. The first-order chi connectivity index (χ1) is 10.2. The van der Waals surface area contributed by atoms with Crippen molar-refractivity contribution >= 4 is 11.4 Å². The Morgan fingerprint density at radius 3 is 1.21 bits per heavy atom. The van der Waals surface area contributed by atoms with E-state index in [1.807, 2.05) is 24.3 Å². The number of hydrogen-bond acceptors (Lipinski definition) is 4. The summed E-state index contributed by atoms with van der Waals surface area (Å²) in [7, 11) is 12.7. The molecule has 0 bridgehead atoms. The second kappa shape index (κ2) is 12.2. The maximum absolute atomic E-state index is 5.32. The van der Waals surface area contributed by atoms with Crippen LogP contribution in [-0.4, -0.2) is 89.0 Å². The van der Waals surface area contributed by atoms with Crippen LogP contribution in [0, 0.1) is 0 Å². The highest BCUT2D eigenvalue weighted by molar-refractivity contribution is 6.18. The molecule has 0 unspecified atom stereocenters. The second-order valence-electron chi connectivity index (χ2n) is 7.39. The molecule has 0 aromatic carbocycles. The van der Waals surface area contributed by atoms with Crippen molar-refractivity contribution in [1.29, 1.82) is 0 Å². The largest absolute Gasteiger partial charge is 1.00 e. The zero-order valence-corrected chi connectivity index (χ0v) is 19.8. The Kier molecular flexibility index (Phi) is 13.2. The van der Waals surface area contributed by atoms with E-state index in [-0.39, 0.29) is 48.0 Å². The van der Waals surface area contributed by atoms with Gasteiger partial charge in [-0.1, -0.05) is 10.3 Å². The van der Waals surface area contributed by atoms with E-state index < -0.39 is 0 Å². The molecule has 0 amide bonds. The van der Waals surface area contributed by atoms with Crippen molar-refractivity contribution in [3.63, 3.8) is 0 Å². The summed E-state index contributed by atoms with van der Waals surface area (Å²) in [6, 6.07) is 0. The van der Waals surface area contributed by atoms with Gasteiger partial charge in [0.25, 0.3) is 0 Å². The molecule has 0 fully saturated rings. The Labute approximate surface area is 180 Å². The highest BCUT2D eigenvalue weighted by Gasteiger charge is 2.07. The molecule has 0 aromatic rings. The lowest BCUT2D eigenvalue weighted by Crippen LogP contribution is -3.00. The van der Waals surface area contributed by atoms with E-state index in [0.717, 1.165) is 33.5 Å². The van der Waals surface area contributed by atoms with E-state index in [4.69, 9.17) is 9.68 Å². The summed E-state index contributed by atoms with van der Waals surface area (Å²) in [6.45, 7) is 3.03. The summed E-state index contributed by atoms with van der Waals surface area (Å²) in [5.74, 6) is 0. The topological polar surface area (TPSA) is 43.2 Å². The van der Waals surface area contributed by atoms with E-state index in [1.54, 1.807) is 0 Å². The Balaban J connectivity index is 0. The number of oxime groups is 2. The molecule has 8 heteroatoms. The van der Waals surface area contributed by atoms with Crippen LogP contribution in [-0.2, 0) is 9.68 Å². The molecule has 1 aliphatic rings. The Bertz CT molecular complexity index is 415. The average Bonchev–Trinajstić information content (AvgIpc) is 2.39. The molecule has 0 atom stereocenters. The fourth-order valence-electron chi connectivity index (χ4n) is 1.44. The molecule has 24 heavy (non-hydrogen) atoms. The van der Waals surface area contributed by atoms with Crippen molar-refractivity contribution in [2.75, 3.05) is 68.6 Å². The van der Waals surface area contributed by atoms with Gasteiger partial charge < -0.3 is 66.6 Å². The van der Waals surface area contributed by atoms with Crippen LogP contribution in [0.15, 0.2) is 34.6 Å². The molecule has 0 N–H and O–H groups in total. The van der Waals surface area contributed by atoms with Crippen LogP contribution >= 0.6 is 0 Å². The van der Waals surface area contributed by atoms with E-state index >= 15 is 0 Å². The van der Waals surface area contributed by atoms with Crippen molar-refractivity contribution in [3.8, 4) is 0 Å². The minimum absolute atomic E-state index is 0. The van der Waals surface area contributed by atoms with Crippen LogP contribution in [0.25, 0.3) is 0 Å². The summed E-state index contributed by atoms with van der Waals surface area (Å²) in [5.41, 5.74) is 1.57. The maximum Gasteiger partial charge on any atom is 0.165 e. The molecular weight excluding hydrogens is 534 g/mol. The normalized spacial score (nSPS) is 13.8. The van der Waals surface area contributed by atoms with Gasteiger partial charge in [0.15, 0.2) is 13.2 Å². The van der Waals surface area contributed by atoms with Gasteiger partial charge in [-0.3, -0.25) is 0 Å². The number of halogens is 2. The average molecular weight is 564 g/mol. The summed E-state index contributed by atoms with van der Waals surface area (Å²) in [6.07, 6.45) is 7.48. The zero-order valence-electron chi connectivity index (χ0n) is 15.5. The SMILES string of the molecule is C[N+](C)(C)CCON=C1C=CC(=NOCC[N+](C)(C)C)C=C1.[I-].[I-]. The lowest BCUT2D eigenvalue weighted by Gasteiger charge is -2.22. The minimum Gasteiger partial charge on any atom is -1.00 e. The summed E-state index contributed by atoms with van der Waals surface area (Å²) >= 11 is 0. The van der Waals surface area contributed by atoms with Gasteiger partial charge in [0, 0.05) is 0 Å². The second-order valence-corrected chi connectivity index (χ2v) is 7.39. The van der Waals surface area contributed by atoms with Crippen molar-refractivity contribution in [3.05, 3.63) is 24.3 Å². The molecule has 0 heterocycles. The van der Waals surface area contributed by atoms with Gasteiger partial charge in [-0.05, 0) is 24.3 Å². The number of hydrogen-bond donors (Lipinski definition) is 0. The van der Waals surface area contributed by atoms with Gasteiger partial charge in [-0.25, -0.2) is 0 Å². The third-order valence-electron chi connectivity index (χ3n) is 2.90. The number of rotatable bonds is 8. The van der Waals surface area contributed by atoms with Crippen LogP contribution < -0.4 is 48.0 Å². The molecule has 1 rings (SSSR count). The van der Waals surface area contributed by atoms with E-state index in [1.165, 1.54) is 0 Å². The lowest BCUT2D eigenvalue weighted by atomic mass is 10.1. The van der Waals surface area contributed by atoms with Gasteiger partial charge in [-0.2, -0.15) is 0 Å². The van der Waals surface area contributed by atoms with Crippen LogP contribution in [0.2, 0.25) is 0 Å². The predicted octanol–water partition coefficient (Wildman–Crippen LogP) is -4.72. The first-order valence-electron chi connectivity index (χ1n) is 7.53. The van der Waals surface area contributed by atoms with Crippen LogP contribution in [0.5, 0.6) is 0 Å². The lowest BCUT2D eigenvalue weighted by molar-refractivity contribution is -0.870. The van der Waals surface area contributed by atoms with Crippen LogP contribution in [0.4, 0.5) is 0 Å². The summed E-state index contributed by atoms with van der Waals surface area (Å²) in [5, 5.41) is 8.17. The Morgan fingerprint density at radius 1 is 0.667 bits per heavy atom. The molecule has 0 spiro atoms. The Morgan fingerprint density at radius 2 is 0.958 bits per heavy atom. The predicted molar refractivity (Wildman–Crippen MR) is 90.9 cm³/mol. The standard InChI is InChI=1S/C16H30N4O2.2HI/c1-19(2,3)11-13-21-17-15-7-9-16(10-8-15)18-22-14-12-20(4,5)6;;/h7-10H,11-14H2,1-6H3;2*1H/q+2;;/p-2. The molecule has 0 aromatic heterocycles. The first kappa shape index (κ1) is 26.0.